The molecule has 0 saturated carbocycles. The van der Waals surface area contributed by atoms with E-state index in [4.69, 9.17) is 0 Å². The second-order valence-corrected chi connectivity index (χ2v) is 7.95. The zero-order valence-corrected chi connectivity index (χ0v) is 15.6. The Bertz CT molecular complexity index is 813. The van der Waals surface area contributed by atoms with Gasteiger partial charge in [-0.2, -0.15) is 0 Å². The minimum Gasteiger partial charge on any atom is -0.356 e. The van der Waals surface area contributed by atoms with Crippen molar-refractivity contribution in [3.05, 3.63) is 59.7 Å². The molecule has 0 fully saturated rings. The summed E-state index contributed by atoms with van der Waals surface area (Å²) in [6, 6.07) is 13.8. The van der Waals surface area contributed by atoms with E-state index in [0.29, 0.717) is 12.2 Å². The van der Waals surface area contributed by atoms with Gasteiger partial charge in [-0.25, -0.2) is 8.42 Å². The molecule has 2 aromatic carbocycles. The van der Waals surface area contributed by atoms with Crippen molar-refractivity contribution in [2.75, 3.05) is 17.9 Å². The van der Waals surface area contributed by atoms with E-state index in [0.717, 1.165) is 17.5 Å². The van der Waals surface area contributed by atoms with Gasteiger partial charge in [0.1, 0.15) is 0 Å². The number of amides is 1. The van der Waals surface area contributed by atoms with Crippen LogP contribution in [0.25, 0.3) is 0 Å². The molecule has 6 heteroatoms. The standard InChI is InChI=1S/C19H24N2O3S/c1-4-13-20-19(22)14-16-7-9-17(10-8-16)21(3)25(23,24)18-11-5-15(2)6-12-18/h5-12H,4,13-14H2,1-3H3,(H,20,22). The normalized spacial score (nSPS) is 11.2. The fourth-order valence-corrected chi connectivity index (χ4v) is 3.54. The average molecular weight is 360 g/mol. The van der Waals surface area contributed by atoms with Crippen molar-refractivity contribution in [1.82, 2.24) is 5.32 Å². The van der Waals surface area contributed by atoms with Crippen molar-refractivity contribution >= 4 is 21.6 Å². The predicted octanol–water partition coefficient (Wildman–Crippen LogP) is 2.89. The summed E-state index contributed by atoms with van der Waals surface area (Å²) in [5, 5.41) is 2.82. The third kappa shape index (κ3) is 4.82. The Morgan fingerprint density at radius 3 is 2.20 bits per heavy atom. The molecule has 0 bridgehead atoms. The monoisotopic (exact) mass is 360 g/mol. The molecule has 0 atom stereocenters. The molecule has 0 radical (unpaired) electrons. The number of carbonyl (C=O) groups is 1. The van der Waals surface area contributed by atoms with Crippen LogP contribution in [-0.4, -0.2) is 27.9 Å². The number of anilines is 1. The summed E-state index contributed by atoms with van der Waals surface area (Å²) in [6.45, 7) is 4.57. The molecule has 5 nitrogen and oxygen atoms in total. The van der Waals surface area contributed by atoms with Crippen LogP contribution in [0.15, 0.2) is 53.4 Å². The fourth-order valence-electron chi connectivity index (χ4n) is 2.34. The summed E-state index contributed by atoms with van der Waals surface area (Å²) in [5.74, 6) is -0.0322. The Labute approximate surface area is 149 Å². The number of hydrogen-bond donors (Lipinski definition) is 1. The minimum absolute atomic E-state index is 0.0322. The van der Waals surface area contributed by atoms with Gasteiger partial charge in [0, 0.05) is 13.6 Å². The van der Waals surface area contributed by atoms with Crippen LogP contribution in [-0.2, 0) is 21.2 Å². The number of rotatable bonds is 7. The summed E-state index contributed by atoms with van der Waals surface area (Å²) < 4.78 is 26.6. The summed E-state index contributed by atoms with van der Waals surface area (Å²) in [6.07, 6.45) is 1.18. The summed E-state index contributed by atoms with van der Waals surface area (Å²) in [5.41, 5.74) is 2.41. The van der Waals surface area contributed by atoms with Crippen molar-refractivity contribution in [2.24, 2.45) is 0 Å². The number of nitrogens with zero attached hydrogens (tertiary/aromatic N) is 1. The first-order valence-electron chi connectivity index (χ1n) is 8.26. The molecule has 0 unspecified atom stereocenters. The van der Waals surface area contributed by atoms with Crippen molar-refractivity contribution in [3.8, 4) is 0 Å². The molecular weight excluding hydrogens is 336 g/mol. The summed E-state index contributed by atoms with van der Waals surface area (Å²) in [7, 11) is -2.08. The average Bonchev–Trinajstić information content (AvgIpc) is 2.60. The van der Waals surface area contributed by atoms with Gasteiger partial charge < -0.3 is 5.32 Å². The van der Waals surface area contributed by atoms with Gasteiger partial charge in [0.2, 0.25) is 5.91 Å². The highest BCUT2D eigenvalue weighted by atomic mass is 32.2. The van der Waals surface area contributed by atoms with Gasteiger partial charge in [-0.3, -0.25) is 9.10 Å². The number of aryl methyl sites for hydroxylation is 1. The number of hydrogen-bond acceptors (Lipinski definition) is 3. The molecule has 134 valence electrons. The van der Waals surface area contributed by atoms with Crippen molar-refractivity contribution < 1.29 is 13.2 Å². The molecular formula is C19H24N2O3S. The Kier molecular flexibility index (Phi) is 6.20. The molecule has 1 amide bonds. The highest BCUT2D eigenvalue weighted by molar-refractivity contribution is 7.92. The second-order valence-electron chi connectivity index (χ2n) is 5.98. The lowest BCUT2D eigenvalue weighted by molar-refractivity contribution is -0.120. The highest BCUT2D eigenvalue weighted by Gasteiger charge is 2.21. The Balaban J connectivity index is 2.13. The maximum Gasteiger partial charge on any atom is 0.264 e. The van der Waals surface area contributed by atoms with E-state index in [1.54, 1.807) is 48.5 Å². The minimum atomic E-state index is -3.60. The van der Waals surface area contributed by atoms with E-state index in [-0.39, 0.29) is 17.2 Å². The maximum atomic E-state index is 12.7. The molecule has 2 rings (SSSR count). The number of benzene rings is 2. The van der Waals surface area contributed by atoms with Crippen LogP contribution in [0.5, 0.6) is 0 Å². The van der Waals surface area contributed by atoms with E-state index in [1.807, 2.05) is 13.8 Å². The molecule has 2 aromatic rings. The van der Waals surface area contributed by atoms with Gasteiger partial charge in [0.25, 0.3) is 10.0 Å². The first-order chi connectivity index (χ1) is 11.8. The quantitative estimate of drug-likeness (QED) is 0.826. The van der Waals surface area contributed by atoms with Gasteiger partial charge in [0.05, 0.1) is 17.0 Å². The molecule has 0 aliphatic rings. The van der Waals surface area contributed by atoms with E-state index in [9.17, 15) is 13.2 Å². The molecule has 1 N–H and O–H groups in total. The molecule has 0 saturated heterocycles. The lowest BCUT2D eigenvalue weighted by atomic mass is 10.1. The van der Waals surface area contributed by atoms with E-state index in [1.165, 1.54) is 11.4 Å². The van der Waals surface area contributed by atoms with Crippen molar-refractivity contribution in [2.45, 2.75) is 31.6 Å². The van der Waals surface area contributed by atoms with Crippen LogP contribution in [0, 0.1) is 6.92 Å². The lowest BCUT2D eigenvalue weighted by Gasteiger charge is -2.20. The first-order valence-corrected chi connectivity index (χ1v) is 9.70. The number of carbonyl (C=O) groups excluding carboxylic acids is 1. The van der Waals surface area contributed by atoms with Crippen LogP contribution in [0.3, 0.4) is 0 Å². The van der Waals surface area contributed by atoms with Gasteiger partial charge in [-0.1, -0.05) is 36.8 Å². The van der Waals surface area contributed by atoms with Gasteiger partial charge >= 0.3 is 0 Å². The number of sulfonamides is 1. The van der Waals surface area contributed by atoms with Crippen LogP contribution in [0.4, 0.5) is 5.69 Å². The smallest absolute Gasteiger partial charge is 0.264 e. The molecule has 0 aromatic heterocycles. The number of nitrogens with one attached hydrogen (secondary N) is 1. The second kappa shape index (κ2) is 8.16. The van der Waals surface area contributed by atoms with Crippen molar-refractivity contribution in [1.29, 1.82) is 0 Å². The van der Waals surface area contributed by atoms with Crippen molar-refractivity contribution in [3.63, 3.8) is 0 Å². The van der Waals surface area contributed by atoms with Crippen LogP contribution >= 0.6 is 0 Å². The topological polar surface area (TPSA) is 66.5 Å². The fraction of sp³-hybridized carbons (Fsp3) is 0.316. The van der Waals surface area contributed by atoms with Crippen LogP contribution in [0.1, 0.15) is 24.5 Å². The zero-order chi connectivity index (χ0) is 18.4. The Morgan fingerprint density at radius 1 is 1.04 bits per heavy atom. The first kappa shape index (κ1) is 19.0. The highest BCUT2D eigenvalue weighted by Crippen LogP contribution is 2.22. The molecule has 0 heterocycles. The molecule has 0 spiro atoms. The SMILES string of the molecule is CCCNC(=O)Cc1ccc(N(C)S(=O)(=O)c2ccc(C)cc2)cc1. The predicted molar refractivity (Wildman–Crippen MR) is 100 cm³/mol. The van der Waals surface area contributed by atoms with Gasteiger partial charge in [-0.05, 0) is 43.2 Å². The third-order valence-corrected chi connectivity index (χ3v) is 5.72. The van der Waals surface area contributed by atoms with E-state index >= 15 is 0 Å². The summed E-state index contributed by atoms with van der Waals surface area (Å²) >= 11 is 0. The molecule has 0 aliphatic carbocycles. The third-order valence-electron chi connectivity index (χ3n) is 3.92. The molecule has 25 heavy (non-hydrogen) atoms. The van der Waals surface area contributed by atoms with Gasteiger partial charge in [-0.15, -0.1) is 0 Å². The Morgan fingerprint density at radius 2 is 1.64 bits per heavy atom. The zero-order valence-electron chi connectivity index (χ0n) is 14.8. The van der Waals surface area contributed by atoms with Gasteiger partial charge in [0.15, 0.2) is 0 Å². The maximum absolute atomic E-state index is 12.7. The molecule has 0 aliphatic heterocycles. The summed E-state index contributed by atoms with van der Waals surface area (Å²) in [4.78, 5) is 12.0. The van der Waals surface area contributed by atoms with E-state index < -0.39 is 10.0 Å². The lowest BCUT2D eigenvalue weighted by Crippen LogP contribution is -2.27. The van der Waals surface area contributed by atoms with E-state index in [2.05, 4.69) is 5.32 Å². The largest absolute Gasteiger partial charge is 0.356 e. The van der Waals surface area contributed by atoms with Crippen LogP contribution in [0.2, 0.25) is 0 Å². The Hall–Kier alpha value is -2.34. The van der Waals surface area contributed by atoms with Crippen LogP contribution < -0.4 is 9.62 Å².